The van der Waals surface area contributed by atoms with Gasteiger partial charge >= 0.3 is 0 Å². The topological polar surface area (TPSA) is 54.6 Å². The van der Waals surface area contributed by atoms with Crippen LogP contribution in [0, 0.1) is 0 Å². The molecule has 3 aromatic rings. The lowest BCUT2D eigenvalue weighted by Crippen LogP contribution is -2.17. The standard InChI is InChI=1S/C18H13BrN2O2/c19-15-8-6-13(7-9-15)17-11-10-16(23-17)12-20-21-18(22)14-4-2-1-3-5-14/h1-12H,(H,21,22)/b20-12-. The summed E-state index contributed by atoms with van der Waals surface area (Å²) in [6.07, 6.45) is 1.48. The number of benzene rings is 2. The third kappa shape index (κ3) is 3.96. The molecule has 1 heterocycles. The summed E-state index contributed by atoms with van der Waals surface area (Å²) in [7, 11) is 0. The molecule has 0 bridgehead atoms. The van der Waals surface area contributed by atoms with E-state index in [0.29, 0.717) is 11.3 Å². The molecule has 0 atom stereocenters. The average Bonchev–Trinajstić information content (AvgIpc) is 3.05. The van der Waals surface area contributed by atoms with Gasteiger partial charge in [0.2, 0.25) is 0 Å². The van der Waals surface area contributed by atoms with E-state index in [-0.39, 0.29) is 5.91 Å². The fourth-order valence-corrected chi connectivity index (χ4v) is 2.26. The fraction of sp³-hybridized carbons (Fsp3) is 0. The van der Waals surface area contributed by atoms with Crippen molar-refractivity contribution >= 4 is 28.1 Å². The van der Waals surface area contributed by atoms with E-state index in [0.717, 1.165) is 15.8 Å². The first-order chi connectivity index (χ1) is 11.2. The molecule has 2 aromatic carbocycles. The molecule has 0 aliphatic rings. The summed E-state index contributed by atoms with van der Waals surface area (Å²) in [4.78, 5) is 11.8. The van der Waals surface area contributed by atoms with Crippen LogP contribution in [0.4, 0.5) is 0 Å². The van der Waals surface area contributed by atoms with E-state index in [1.165, 1.54) is 6.21 Å². The van der Waals surface area contributed by atoms with Crippen LogP contribution in [0.2, 0.25) is 0 Å². The van der Waals surface area contributed by atoms with Crippen LogP contribution in [-0.2, 0) is 0 Å². The summed E-state index contributed by atoms with van der Waals surface area (Å²) in [6, 6.07) is 20.4. The highest BCUT2D eigenvalue weighted by atomic mass is 79.9. The van der Waals surface area contributed by atoms with Gasteiger partial charge < -0.3 is 4.42 Å². The van der Waals surface area contributed by atoms with E-state index in [4.69, 9.17) is 4.42 Å². The van der Waals surface area contributed by atoms with Crippen LogP contribution in [-0.4, -0.2) is 12.1 Å². The number of hydrogen-bond donors (Lipinski definition) is 1. The van der Waals surface area contributed by atoms with Crippen LogP contribution in [0.15, 0.2) is 80.7 Å². The van der Waals surface area contributed by atoms with Gasteiger partial charge in [0.05, 0.1) is 6.21 Å². The quantitative estimate of drug-likeness (QED) is 0.545. The fourth-order valence-electron chi connectivity index (χ4n) is 2.00. The maximum Gasteiger partial charge on any atom is 0.271 e. The van der Waals surface area contributed by atoms with Gasteiger partial charge in [0.25, 0.3) is 5.91 Å². The van der Waals surface area contributed by atoms with Gasteiger partial charge in [-0.25, -0.2) is 5.43 Å². The van der Waals surface area contributed by atoms with Gasteiger partial charge in [-0.05, 0) is 36.4 Å². The van der Waals surface area contributed by atoms with Gasteiger partial charge in [0.1, 0.15) is 11.5 Å². The van der Waals surface area contributed by atoms with E-state index < -0.39 is 0 Å². The Morgan fingerprint density at radius 3 is 2.48 bits per heavy atom. The van der Waals surface area contributed by atoms with Gasteiger partial charge in [-0.2, -0.15) is 5.10 Å². The number of hydrogen-bond acceptors (Lipinski definition) is 3. The van der Waals surface area contributed by atoms with E-state index in [1.807, 2.05) is 36.4 Å². The Kier molecular flexibility index (Phi) is 4.68. The third-order valence-electron chi connectivity index (χ3n) is 3.15. The number of hydrazone groups is 1. The Hall–Kier alpha value is -2.66. The predicted octanol–water partition coefficient (Wildman–Crippen LogP) is 4.47. The Balaban J connectivity index is 1.65. The maximum atomic E-state index is 11.8. The summed E-state index contributed by atoms with van der Waals surface area (Å²) in [5.74, 6) is 1.05. The first kappa shape index (κ1) is 15.2. The molecule has 0 aliphatic heterocycles. The number of nitrogens with zero attached hydrogens (tertiary/aromatic N) is 1. The average molecular weight is 369 g/mol. The maximum absolute atomic E-state index is 11.8. The lowest BCUT2D eigenvalue weighted by atomic mass is 10.2. The molecule has 4 nitrogen and oxygen atoms in total. The highest BCUT2D eigenvalue weighted by Crippen LogP contribution is 2.23. The molecule has 0 spiro atoms. The van der Waals surface area contributed by atoms with Crippen LogP contribution < -0.4 is 5.43 Å². The SMILES string of the molecule is O=C(N/N=C\c1ccc(-c2ccc(Br)cc2)o1)c1ccccc1. The first-order valence-electron chi connectivity index (χ1n) is 6.96. The van der Waals surface area contributed by atoms with Gasteiger partial charge in [0, 0.05) is 15.6 Å². The van der Waals surface area contributed by atoms with E-state index in [1.54, 1.807) is 30.3 Å². The number of amides is 1. The zero-order valence-corrected chi connectivity index (χ0v) is 13.7. The molecule has 3 rings (SSSR count). The second-order valence-electron chi connectivity index (χ2n) is 4.77. The number of carbonyl (C=O) groups excluding carboxylic acids is 1. The van der Waals surface area contributed by atoms with Crippen molar-refractivity contribution in [2.24, 2.45) is 5.10 Å². The minimum Gasteiger partial charge on any atom is -0.455 e. The Morgan fingerprint density at radius 2 is 1.74 bits per heavy atom. The van der Waals surface area contributed by atoms with Crippen LogP contribution in [0.1, 0.15) is 16.1 Å². The molecular formula is C18H13BrN2O2. The molecule has 0 saturated carbocycles. The molecule has 0 saturated heterocycles. The molecule has 23 heavy (non-hydrogen) atoms. The zero-order chi connectivity index (χ0) is 16.1. The molecule has 1 N–H and O–H groups in total. The van der Waals surface area contributed by atoms with Crippen molar-refractivity contribution in [2.75, 3.05) is 0 Å². The van der Waals surface area contributed by atoms with Crippen LogP contribution in [0.3, 0.4) is 0 Å². The smallest absolute Gasteiger partial charge is 0.271 e. The summed E-state index contributed by atoms with van der Waals surface area (Å²) in [5, 5.41) is 3.91. The lowest BCUT2D eigenvalue weighted by molar-refractivity contribution is 0.0955. The summed E-state index contributed by atoms with van der Waals surface area (Å²) in [5.41, 5.74) is 4.00. The zero-order valence-electron chi connectivity index (χ0n) is 12.1. The Bertz CT molecular complexity index is 824. The van der Waals surface area contributed by atoms with Gasteiger partial charge in [0.15, 0.2) is 0 Å². The van der Waals surface area contributed by atoms with Crippen molar-refractivity contribution in [1.82, 2.24) is 5.43 Å². The number of furan rings is 1. The highest BCUT2D eigenvalue weighted by molar-refractivity contribution is 9.10. The minimum atomic E-state index is -0.262. The monoisotopic (exact) mass is 368 g/mol. The lowest BCUT2D eigenvalue weighted by Gasteiger charge is -1.98. The number of rotatable bonds is 4. The first-order valence-corrected chi connectivity index (χ1v) is 7.76. The molecule has 1 amide bonds. The summed E-state index contributed by atoms with van der Waals surface area (Å²) >= 11 is 3.40. The predicted molar refractivity (Wildman–Crippen MR) is 93.3 cm³/mol. The molecule has 114 valence electrons. The van der Waals surface area contributed by atoms with Crippen LogP contribution in [0.25, 0.3) is 11.3 Å². The van der Waals surface area contributed by atoms with Crippen LogP contribution >= 0.6 is 15.9 Å². The molecule has 1 aromatic heterocycles. The van der Waals surface area contributed by atoms with Crippen molar-refractivity contribution in [3.63, 3.8) is 0 Å². The van der Waals surface area contributed by atoms with Gasteiger partial charge in [-0.3, -0.25) is 4.79 Å². The van der Waals surface area contributed by atoms with E-state index in [9.17, 15) is 4.79 Å². The minimum absolute atomic E-state index is 0.262. The summed E-state index contributed by atoms with van der Waals surface area (Å²) in [6.45, 7) is 0. The van der Waals surface area contributed by atoms with Crippen molar-refractivity contribution in [2.45, 2.75) is 0 Å². The van der Waals surface area contributed by atoms with Gasteiger partial charge in [-0.15, -0.1) is 0 Å². The number of carbonyl (C=O) groups is 1. The van der Waals surface area contributed by atoms with Crippen LogP contribution in [0.5, 0.6) is 0 Å². The summed E-state index contributed by atoms with van der Waals surface area (Å²) < 4.78 is 6.69. The van der Waals surface area contributed by atoms with E-state index in [2.05, 4.69) is 26.5 Å². The molecular weight excluding hydrogens is 356 g/mol. The van der Waals surface area contributed by atoms with Crippen molar-refractivity contribution in [1.29, 1.82) is 0 Å². The Labute approximate surface area is 142 Å². The second-order valence-corrected chi connectivity index (χ2v) is 5.69. The molecule has 0 unspecified atom stereocenters. The molecule has 5 heteroatoms. The highest BCUT2D eigenvalue weighted by Gasteiger charge is 2.04. The van der Waals surface area contributed by atoms with Gasteiger partial charge in [-0.1, -0.05) is 46.3 Å². The normalized spacial score (nSPS) is 10.8. The third-order valence-corrected chi connectivity index (χ3v) is 3.68. The molecule has 0 fully saturated rings. The number of halogens is 1. The second kappa shape index (κ2) is 7.07. The Morgan fingerprint density at radius 1 is 1.00 bits per heavy atom. The molecule has 0 radical (unpaired) electrons. The van der Waals surface area contributed by atoms with Crippen molar-refractivity contribution in [3.05, 3.63) is 82.5 Å². The largest absolute Gasteiger partial charge is 0.455 e. The van der Waals surface area contributed by atoms with E-state index >= 15 is 0 Å². The van der Waals surface area contributed by atoms with Crippen molar-refractivity contribution < 1.29 is 9.21 Å². The molecule has 0 aliphatic carbocycles. The number of nitrogens with one attached hydrogen (secondary N) is 1. The van der Waals surface area contributed by atoms with Crippen molar-refractivity contribution in [3.8, 4) is 11.3 Å².